The standard InChI is InChI=1S/C35H28BrN3O3/c1-20-11-12-22(17-21(20)2)18-29(40)38-37-19-35-27-9-5-3-7-25(27)30(26-8-4-6-10-28(26)35)31-32(35)34(42)39(33(31)41)24-15-13-23(36)14-16-24/h3-17,19,30-32H,18H2,1-2H3,(H,38,40)/b37-19-/t30?,31-,32-,35?/m1/s1. The van der Waals surface area contributed by atoms with Gasteiger partial charge in [-0.3, -0.25) is 14.4 Å². The highest BCUT2D eigenvalue weighted by Gasteiger charge is 2.68. The van der Waals surface area contributed by atoms with Crippen LogP contribution in [0, 0.1) is 25.7 Å². The Morgan fingerprint density at radius 2 is 1.52 bits per heavy atom. The number of carbonyl (C=O) groups is 3. The Labute approximate surface area is 252 Å². The van der Waals surface area contributed by atoms with E-state index in [0.29, 0.717) is 5.69 Å². The summed E-state index contributed by atoms with van der Waals surface area (Å²) in [4.78, 5) is 42.9. The number of carbonyl (C=O) groups excluding carboxylic acids is 3. The van der Waals surface area contributed by atoms with E-state index in [1.54, 1.807) is 18.3 Å². The zero-order chi connectivity index (χ0) is 29.2. The molecule has 4 aromatic carbocycles. The van der Waals surface area contributed by atoms with Gasteiger partial charge in [-0.2, -0.15) is 5.10 Å². The average Bonchev–Trinajstić information content (AvgIpc) is 3.26. The molecule has 2 bridgehead atoms. The molecule has 1 saturated heterocycles. The number of aryl methyl sites for hydroxylation is 2. The maximum absolute atomic E-state index is 14.4. The molecular weight excluding hydrogens is 590 g/mol. The van der Waals surface area contributed by atoms with E-state index in [-0.39, 0.29) is 30.1 Å². The molecule has 6 nitrogen and oxygen atoms in total. The molecule has 0 radical (unpaired) electrons. The highest BCUT2D eigenvalue weighted by Crippen LogP contribution is 2.63. The summed E-state index contributed by atoms with van der Waals surface area (Å²) in [5.74, 6) is -2.27. The summed E-state index contributed by atoms with van der Waals surface area (Å²) in [6.07, 6.45) is 1.88. The molecule has 2 atom stereocenters. The minimum Gasteiger partial charge on any atom is -0.274 e. The molecule has 1 aliphatic heterocycles. The predicted octanol–water partition coefficient (Wildman–Crippen LogP) is 5.96. The monoisotopic (exact) mass is 617 g/mol. The first-order valence-corrected chi connectivity index (χ1v) is 14.8. The first kappa shape index (κ1) is 26.5. The number of hydrogen-bond acceptors (Lipinski definition) is 4. The topological polar surface area (TPSA) is 78.8 Å². The largest absolute Gasteiger partial charge is 0.274 e. The van der Waals surface area contributed by atoms with Crippen molar-refractivity contribution >= 4 is 45.6 Å². The van der Waals surface area contributed by atoms with Crippen molar-refractivity contribution in [3.63, 3.8) is 0 Å². The molecule has 1 fully saturated rings. The van der Waals surface area contributed by atoms with Crippen molar-refractivity contribution in [1.82, 2.24) is 5.43 Å². The molecule has 0 aromatic heterocycles. The van der Waals surface area contributed by atoms with Crippen LogP contribution in [0.1, 0.15) is 44.9 Å². The molecule has 3 amide bonds. The number of halogens is 1. The van der Waals surface area contributed by atoms with Crippen LogP contribution in [0.3, 0.4) is 0 Å². The van der Waals surface area contributed by atoms with E-state index in [4.69, 9.17) is 0 Å². The maximum Gasteiger partial charge on any atom is 0.244 e. The lowest BCUT2D eigenvalue weighted by Gasteiger charge is -2.52. The quantitative estimate of drug-likeness (QED) is 0.170. The van der Waals surface area contributed by atoms with Crippen LogP contribution >= 0.6 is 15.9 Å². The van der Waals surface area contributed by atoms with Crippen LogP contribution < -0.4 is 10.3 Å². The Kier molecular flexibility index (Phi) is 6.24. The van der Waals surface area contributed by atoms with Crippen LogP contribution in [0.2, 0.25) is 0 Å². The smallest absolute Gasteiger partial charge is 0.244 e. The van der Waals surface area contributed by atoms with E-state index < -0.39 is 17.3 Å². The Morgan fingerprint density at radius 3 is 2.17 bits per heavy atom. The SMILES string of the molecule is Cc1ccc(CC(=O)N/N=C\C23c4ccccc4C(c4ccccc42)[C@H]2C(=O)N(c4ccc(Br)cc4)C(=O)[C@@H]23)cc1C. The van der Waals surface area contributed by atoms with Crippen LogP contribution in [-0.2, 0) is 26.2 Å². The van der Waals surface area contributed by atoms with Crippen LogP contribution in [0.15, 0.2) is 101 Å². The lowest BCUT2D eigenvalue weighted by atomic mass is 9.47. The lowest BCUT2D eigenvalue weighted by molar-refractivity contribution is -0.123. The van der Waals surface area contributed by atoms with Gasteiger partial charge in [-0.15, -0.1) is 0 Å². The fraction of sp³-hybridized carbons (Fsp3) is 0.200. The Bertz CT molecular complexity index is 1770. The van der Waals surface area contributed by atoms with E-state index in [2.05, 4.69) is 26.5 Å². The van der Waals surface area contributed by atoms with Gasteiger partial charge >= 0.3 is 0 Å². The molecule has 0 unspecified atom stereocenters. The van der Waals surface area contributed by atoms with Gasteiger partial charge in [0.15, 0.2) is 0 Å². The second-order valence-corrected chi connectivity index (χ2v) is 12.3. The third-order valence-corrected chi connectivity index (χ3v) is 9.69. The van der Waals surface area contributed by atoms with Gasteiger partial charge in [0.2, 0.25) is 17.7 Å². The normalized spacial score (nSPS) is 23.6. The van der Waals surface area contributed by atoms with Crippen molar-refractivity contribution in [3.8, 4) is 0 Å². The van der Waals surface area contributed by atoms with Crippen molar-refractivity contribution in [2.75, 3.05) is 4.90 Å². The third kappa shape index (κ3) is 3.83. The zero-order valence-electron chi connectivity index (χ0n) is 23.2. The molecule has 7 heteroatoms. The fourth-order valence-electron chi connectivity index (χ4n) is 7.24. The number of nitrogens with one attached hydrogen (secondary N) is 1. The summed E-state index contributed by atoms with van der Waals surface area (Å²) in [7, 11) is 0. The van der Waals surface area contributed by atoms with Gasteiger partial charge in [0.25, 0.3) is 0 Å². The summed E-state index contributed by atoms with van der Waals surface area (Å²) in [6, 6.07) is 29.2. The molecule has 3 aliphatic carbocycles. The zero-order valence-corrected chi connectivity index (χ0v) is 24.8. The van der Waals surface area contributed by atoms with E-state index in [1.165, 1.54) is 10.5 Å². The molecule has 4 aromatic rings. The Morgan fingerprint density at radius 1 is 0.881 bits per heavy atom. The van der Waals surface area contributed by atoms with E-state index in [1.807, 2.05) is 92.7 Å². The van der Waals surface area contributed by atoms with Gasteiger partial charge < -0.3 is 0 Å². The average molecular weight is 619 g/mol. The summed E-state index contributed by atoms with van der Waals surface area (Å²) >= 11 is 3.45. The molecule has 4 aliphatic rings. The van der Waals surface area contributed by atoms with Gasteiger partial charge in [0.1, 0.15) is 0 Å². The van der Waals surface area contributed by atoms with Crippen molar-refractivity contribution in [2.24, 2.45) is 16.9 Å². The number of hydrogen-bond donors (Lipinski definition) is 1. The van der Waals surface area contributed by atoms with Gasteiger partial charge in [-0.25, -0.2) is 10.3 Å². The highest BCUT2D eigenvalue weighted by molar-refractivity contribution is 9.10. The molecule has 42 heavy (non-hydrogen) atoms. The number of rotatable bonds is 5. The van der Waals surface area contributed by atoms with E-state index in [0.717, 1.165) is 37.9 Å². The van der Waals surface area contributed by atoms with Crippen molar-refractivity contribution in [3.05, 3.63) is 134 Å². The molecule has 8 rings (SSSR count). The van der Waals surface area contributed by atoms with Crippen LogP contribution in [0.5, 0.6) is 0 Å². The summed E-state index contributed by atoms with van der Waals surface area (Å²) < 4.78 is 0.864. The van der Waals surface area contributed by atoms with Gasteiger partial charge in [0, 0.05) is 16.6 Å². The Balaban J connectivity index is 1.33. The van der Waals surface area contributed by atoms with Crippen molar-refractivity contribution in [1.29, 1.82) is 0 Å². The second-order valence-electron chi connectivity index (χ2n) is 11.4. The van der Waals surface area contributed by atoms with Gasteiger partial charge in [-0.05, 0) is 77.1 Å². The summed E-state index contributed by atoms with van der Waals surface area (Å²) in [6.45, 7) is 4.06. The number of nitrogens with zero attached hydrogens (tertiary/aromatic N) is 2. The predicted molar refractivity (Wildman–Crippen MR) is 165 cm³/mol. The minimum absolute atomic E-state index is 0.182. The van der Waals surface area contributed by atoms with Crippen molar-refractivity contribution in [2.45, 2.75) is 31.6 Å². The molecule has 1 heterocycles. The molecule has 208 valence electrons. The summed E-state index contributed by atoms with van der Waals surface area (Å²) in [5, 5.41) is 4.51. The molecule has 0 saturated carbocycles. The first-order valence-electron chi connectivity index (χ1n) is 14.0. The van der Waals surface area contributed by atoms with Crippen molar-refractivity contribution < 1.29 is 14.4 Å². The molecule has 0 spiro atoms. The van der Waals surface area contributed by atoms with Gasteiger partial charge in [-0.1, -0.05) is 82.7 Å². The minimum atomic E-state index is -1.03. The number of amides is 3. The van der Waals surface area contributed by atoms with Crippen LogP contribution in [0.25, 0.3) is 0 Å². The Hall–Kier alpha value is -4.36. The van der Waals surface area contributed by atoms with Crippen LogP contribution in [0.4, 0.5) is 5.69 Å². The van der Waals surface area contributed by atoms with Crippen LogP contribution in [-0.4, -0.2) is 23.9 Å². The lowest BCUT2D eigenvalue weighted by Crippen LogP contribution is -2.54. The number of benzene rings is 4. The number of anilines is 1. The molecule has 1 N–H and O–H groups in total. The van der Waals surface area contributed by atoms with E-state index in [9.17, 15) is 14.4 Å². The summed E-state index contributed by atoms with van der Waals surface area (Å²) in [5.41, 5.74) is 9.36. The fourth-order valence-corrected chi connectivity index (χ4v) is 7.50. The van der Waals surface area contributed by atoms with Gasteiger partial charge in [0.05, 0.1) is 29.4 Å². The molecular formula is C35H28BrN3O3. The number of hydrazone groups is 1. The maximum atomic E-state index is 14.4. The van der Waals surface area contributed by atoms with E-state index >= 15 is 0 Å². The first-order chi connectivity index (χ1) is 20.3. The third-order valence-electron chi connectivity index (χ3n) is 9.16. The highest BCUT2D eigenvalue weighted by atomic mass is 79.9. The second kappa shape index (κ2) is 9.88. The number of imide groups is 1.